The van der Waals surface area contributed by atoms with Crippen molar-refractivity contribution in [3.05, 3.63) is 28.8 Å². The van der Waals surface area contributed by atoms with Gasteiger partial charge in [0.05, 0.1) is 6.20 Å². The van der Waals surface area contributed by atoms with E-state index >= 15 is 0 Å². The van der Waals surface area contributed by atoms with E-state index in [0.717, 1.165) is 12.5 Å². The smallest absolute Gasteiger partial charge is 0.141 e. The maximum atomic E-state index is 12.8. The van der Waals surface area contributed by atoms with Gasteiger partial charge in [0.1, 0.15) is 17.3 Å². The van der Waals surface area contributed by atoms with Crippen LogP contribution >= 0.6 is 11.6 Å². The number of rotatable bonds is 2. The Labute approximate surface area is 80.7 Å². The summed E-state index contributed by atoms with van der Waals surface area (Å²) in [6.07, 6.45) is 1.74. The van der Waals surface area contributed by atoms with Crippen molar-refractivity contribution in [2.24, 2.45) is 0 Å². The summed E-state index contributed by atoms with van der Waals surface area (Å²) < 4.78 is 12.8. The van der Waals surface area contributed by atoms with Crippen molar-refractivity contribution >= 4 is 17.9 Å². The van der Waals surface area contributed by atoms with E-state index in [1.54, 1.807) is 13.8 Å². The van der Waals surface area contributed by atoms with Gasteiger partial charge in [-0.25, -0.2) is 9.37 Å². The molecule has 0 N–H and O–H groups in total. The Bertz CT molecular complexity index is 338. The fourth-order valence-electron chi connectivity index (χ4n) is 0.938. The van der Waals surface area contributed by atoms with Gasteiger partial charge >= 0.3 is 0 Å². The van der Waals surface area contributed by atoms with Crippen LogP contribution in [0.2, 0.25) is 5.15 Å². The minimum atomic E-state index is -0.799. The summed E-state index contributed by atoms with van der Waals surface area (Å²) in [6, 6.07) is 1.23. The average molecular weight is 202 g/mol. The lowest BCUT2D eigenvalue weighted by Gasteiger charge is -2.17. The predicted octanol–water partition coefficient (Wildman–Crippen LogP) is 2.35. The van der Waals surface area contributed by atoms with Crippen molar-refractivity contribution < 1.29 is 9.18 Å². The van der Waals surface area contributed by atoms with Crippen LogP contribution in [0.1, 0.15) is 19.4 Å². The second-order valence-electron chi connectivity index (χ2n) is 3.33. The standard InChI is InChI=1S/C9H9ClFNO/c1-9(2,5-13)7-3-6(11)4-12-8(7)10/h3-5H,1-2H3. The number of carbonyl (C=O) groups excluding carboxylic acids is 1. The first-order valence-corrected chi connectivity index (χ1v) is 4.13. The zero-order chi connectivity index (χ0) is 10.1. The fourth-order valence-corrected chi connectivity index (χ4v) is 1.28. The van der Waals surface area contributed by atoms with Gasteiger partial charge in [-0.3, -0.25) is 0 Å². The first-order chi connectivity index (χ1) is 5.97. The number of aromatic nitrogens is 1. The molecule has 70 valence electrons. The molecular formula is C9H9ClFNO. The molecule has 0 amide bonds. The predicted molar refractivity (Wildman–Crippen MR) is 48.3 cm³/mol. The highest BCUT2D eigenvalue weighted by molar-refractivity contribution is 6.30. The van der Waals surface area contributed by atoms with Gasteiger partial charge in [0.15, 0.2) is 0 Å². The van der Waals surface area contributed by atoms with E-state index in [0.29, 0.717) is 5.56 Å². The van der Waals surface area contributed by atoms with Gasteiger partial charge in [0, 0.05) is 11.0 Å². The molecule has 0 saturated heterocycles. The van der Waals surface area contributed by atoms with Crippen molar-refractivity contribution in [3.8, 4) is 0 Å². The quantitative estimate of drug-likeness (QED) is 0.543. The van der Waals surface area contributed by atoms with Crippen LogP contribution in [0.4, 0.5) is 4.39 Å². The molecule has 0 atom stereocenters. The van der Waals surface area contributed by atoms with Crippen LogP contribution in [0.25, 0.3) is 0 Å². The average Bonchev–Trinajstić information content (AvgIpc) is 2.09. The molecule has 0 radical (unpaired) electrons. The van der Waals surface area contributed by atoms with E-state index in [4.69, 9.17) is 11.6 Å². The van der Waals surface area contributed by atoms with Crippen LogP contribution in [0.3, 0.4) is 0 Å². The van der Waals surface area contributed by atoms with Crippen LogP contribution in [-0.2, 0) is 10.2 Å². The van der Waals surface area contributed by atoms with Crippen LogP contribution in [-0.4, -0.2) is 11.3 Å². The third kappa shape index (κ3) is 2.04. The Kier molecular flexibility index (Phi) is 2.66. The summed E-state index contributed by atoms with van der Waals surface area (Å²) in [5.41, 5.74) is -0.393. The van der Waals surface area contributed by atoms with E-state index in [9.17, 15) is 9.18 Å². The van der Waals surface area contributed by atoms with Gasteiger partial charge in [-0.2, -0.15) is 0 Å². The Morgan fingerprint density at radius 2 is 2.23 bits per heavy atom. The maximum Gasteiger partial charge on any atom is 0.141 e. The van der Waals surface area contributed by atoms with Crippen molar-refractivity contribution in [1.82, 2.24) is 4.98 Å². The van der Waals surface area contributed by atoms with Crippen LogP contribution < -0.4 is 0 Å². The van der Waals surface area contributed by atoms with Gasteiger partial charge in [-0.15, -0.1) is 0 Å². The molecule has 0 aliphatic heterocycles. The van der Waals surface area contributed by atoms with Crippen LogP contribution in [0, 0.1) is 5.82 Å². The second-order valence-corrected chi connectivity index (χ2v) is 3.69. The Morgan fingerprint density at radius 3 is 2.77 bits per heavy atom. The Balaban J connectivity index is 3.28. The molecule has 0 aromatic carbocycles. The first kappa shape index (κ1) is 10.1. The number of aldehydes is 1. The molecule has 4 heteroatoms. The SMILES string of the molecule is CC(C)(C=O)c1cc(F)cnc1Cl. The normalized spacial score (nSPS) is 11.4. The van der Waals surface area contributed by atoms with Gasteiger partial charge < -0.3 is 4.79 Å². The van der Waals surface area contributed by atoms with Gasteiger partial charge in [-0.1, -0.05) is 11.6 Å². The molecular weight excluding hydrogens is 193 g/mol. The second kappa shape index (κ2) is 3.42. The summed E-state index contributed by atoms with van der Waals surface area (Å²) in [4.78, 5) is 14.3. The number of carbonyl (C=O) groups is 1. The molecule has 0 unspecified atom stereocenters. The highest BCUT2D eigenvalue weighted by Gasteiger charge is 2.23. The molecule has 2 nitrogen and oxygen atoms in total. The van der Waals surface area contributed by atoms with Crippen molar-refractivity contribution in [1.29, 1.82) is 0 Å². The molecule has 1 aromatic heterocycles. The molecule has 0 aliphatic carbocycles. The summed E-state index contributed by atoms with van der Waals surface area (Å²) in [5.74, 6) is -0.491. The lowest BCUT2D eigenvalue weighted by atomic mass is 9.87. The lowest BCUT2D eigenvalue weighted by Crippen LogP contribution is -2.19. The highest BCUT2D eigenvalue weighted by Crippen LogP contribution is 2.26. The first-order valence-electron chi connectivity index (χ1n) is 3.75. The van der Waals surface area contributed by atoms with E-state index < -0.39 is 11.2 Å². The number of nitrogens with zero attached hydrogens (tertiary/aromatic N) is 1. The minimum absolute atomic E-state index is 0.165. The largest absolute Gasteiger partial charge is 0.302 e. The van der Waals surface area contributed by atoms with Gasteiger partial charge in [-0.05, 0) is 19.9 Å². The summed E-state index contributed by atoms with van der Waals surface area (Å²) in [5, 5.41) is 0.165. The maximum absolute atomic E-state index is 12.8. The van der Waals surface area contributed by atoms with E-state index in [1.165, 1.54) is 6.07 Å². The molecule has 1 aromatic rings. The number of halogens is 2. The van der Waals surface area contributed by atoms with Crippen molar-refractivity contribution in [2.45, 2.75) is 19.3 Å². The molecule has 0 saturated carbocycles. The molecule has 1 rings (SSSR count). The monoisotopic (exact) mass is 201 g/mol. The number of hydrogen-bond acceptors (Lipinski definition) is 2. The fraction of sp³-hybridized carbons (Fsp3) is 0.333. The van der Waals surface area contributed by atoms with Crippen molar-refractivity contribution in [3.63, 3.8) is 0 Å². The molecule has 0 spiro atoms. The summed E-state index contributed by atoms with van der Waals surface area (Å²) in [6.45, 7) is 3.31. The zero-order valence-electron chi connectivity index (χ0n) is 7.34. The van der Waals surface area contributed by atoms with Gasteiger partial charge in [0.25, 0.3) is 0 Å². The van der Waals surface area contributed by atoms with E-state index in [2.05, 4.69) is 4.98 Å². The Morgan fingerprint density at radius 1 is 1.62 bits per heavy atom. The Hall–Kier alpha value is -0.960. The third-order valence-corrected chi connectivity index (χ3v) is 2.10. The molecule has 0 aliphatic rings. The molecule has 0 fully saturated rings. The summed E-state index contributed by atoms with van der Waals surface area (Å²) >= 11 is 5.72. The molecule has 0 bridgehead atoms. The number of hydrogen-bond donors (Lipinski definition) is 0. The number of pyridine rings is 1. The van der Waals surface area contributed by atoms with Crippen LogP contribution in [0.15, 0.2) is 12.3 Å². The lowest BCUT2D eigenvalue weighted by molar-refractivity contribution is -0.111. The van der Waals surface area contributed by atoms with Crippen LogP contribution in [0.5, 0.6) is 0 Å². The molecule has 1 heterocycles. The van der Waals surface area contributed by atoms with Crippen molar-refractivity contribution in [2.75, 3.05) is 0 Å². The molecule has 13 heavy (non-hydrogen) atoms. The zero-order valence-corrected chi connectivity index (χ0v) is 8.10. The van der Waals surface area contributed by atoms with E-state index in [-0.39, 0.29) is 5.15 Å². The van der Waals surface area contributed by atoms with Gasteiger partial charge in [0.2, 0.25) is 0 Å². The van der Waals surface area contributed by atoms with E-state index in [1.807, 2.05) is 0 Å². The minimum Gasteiger partial charge on any atom is -0.302 e. The topological polar surface area (TPSA) is 30.0 Å². The highest BCUT2D eigenvalue weighted by atomic mass is 35.5. The third-order valence-electron chi connectivity index (χ3n) is 1.79. The summed E-state index contributed by atoms with van der Waals surface area (Å²) in [7, 11) is 0.